The van der Waals surface area contributed by atoms with Gasteiger partial charge in [0.25, 0.3) is 0 Å². The molecule has 0 saturated carbocycles. The molecule has 0 spiro atoms. The Balaban J connectivity index is 2.96. The monoisotopic (exact) mass is 279 g/mol. The van der Waals surface area contributed by atoms with E-state index in [0.717, 1.165) is 25.2 Å². The van der Waals surface area contributed by atoms with Gasteiger partial charge < -0.3 is 15.7 Å². The van der Waals surface area contributed by atoms with Crippen molar-refractivity contribution < 1.29 is 9.94 Å². The number of amidine groups is 1. The molecule has 0 aliphatic rings. The number of hydrogen-bond acceptors (Lipinski definition) is 4. The Morgan fingerprint density at radius 1 is 1.45 bits per heavy atom. The topological polar surface area (TPSA) is 71.1 Å². The summed E-state index contributed by atoms with van der Waals surface area (Å²) in [6.45, 7) is 9.43. The lowest BCUT2D eigenvalue weighted by molar-refractivity contribution is 0.248. The number of rotatable bonds is 7. The number of hydrogen-bond donors (Lipinski definition) is 2. The summed E-state index contributed by atoms with van der Waals surface area (Å²) in [5.74, 6) is 1.29. The van der Waals surface area contributed by atoms with E-state index in [9.17, 15) is 0 Å². The maximum atomic E-state index is 8.84. The number of nitrogens with zero attached hydrogens (tertiary/aromatic N) is 2. The smallest absolute Gasteiger partial charge is 0.173 e. The van der Waals surface area contributed by atoms with E-state index in [2.05, 4.69) is 30.8 Å². The average Bonchev–Trinajstić information content (AvgIpc) is 2.45. The molecule has 1 aromatic carbocycles. The second-order valence-corrected chi connectivity index (χ2v) is 5.24. The van der Waals surface area contributed by atoms with Crippen molar-refractivity contribution in [2.45, 2.75) is 27.3 Å². The molecule has 0 heterocycles. The van der Waals surface area contributed by atoms with Gasteiger partial charge in [-0.25, -0.2) is 0 Å². The molecule has 0 amide bonds. The highest BCUT2D eigenvalue weighted by Crippen LogP contribution is 2.20. The zero-order chi connectivity index (χ0) is 15.1. The Bertz CT molecular complexity index is 458. The fraction of sp³-hybridized carbons (Fsp3) is 0.533. The van der Waals surface area contributed by atoms with Gasteiger partial charge in [0, 0.05) is 13.1 Å². The second-order valence-electron chi connectivity index (χ2n) is 5.24. The molecule has 0 unspecified atom stereocenters. The summed E-state index contributed by atoms with van der Waals surface area (Å²) in [6.07, 6.45) is 0. The van der Waals surface area contributed by atoms with Crippen LogP contribution in [0.3, 0.4) is 0 Å². The van der Waals surface area contributed by atoms with Crippen LogP contribution < -0.4 is 10.5 Å². The van der Waals surface area contributed by atoms with E-state index < -0.39 is 0 Å². The van der Waals surface area contributed by atoms with Crippen molar-refractivity contribution in [1.82, 2.24) is 4.90 Å². The van der Waals surface area contributed by atoms with Crippen LogP contribution in [0.25, 0.3) is 0 Å². The minimum absolute atomic E-state index is 0.0654. The third-order valence-corrected chi connectivity index (χ3v) is 3.12. The predicted molar refractivity (Wildman–Crippen MR) is 81.3 cm³/mol. The molecular weight excluding hydrogens is 254 g/mol. The van der Waals surface area contributed by atoms with E-state index in [1.807, 2.05) is 18.2 Å². The van der Waals surface area contributed by atoms with Crippen molar-refractivity contribution in [1.29, 1.82) is 0 Å². The van der Waals surface area contributed by atoms with Crippen LogP contribution in [0.15, 0.2) is 23.4 Å². The summed E-state index contributed by atoms with van der Waals surface area (Å²) in [5.41, 5.74) is 7.43. The van der Waals surface area contributed by atoms with Crippen LogP contribution in [-0.2, 0) is 6.54 Å². The van der Waals surface area contributed by atoms with Crippen LogP contribution in [0, 0.1) is 5.92 Å². The van der Waals surface area contributed by atoms with E-state index in [-0.39, 0.29) is 5.84 Å². The van der Waals surface area contributed by atoms with Gasteiger partial charge in [0.15, 0.2) is 5.84 Å². The van der Waals surface area contributed by atoms with Crippen molar-refractivity contribution >= 4 is 5.84 Å². The minimum atomic E-state index is 0.0654. The first kappa shape index (κ1) is 16.3. The van der Waals surface area contributed by atoms with Crippen molar-refractivity contribution in [3.63, 3.8) is 0 Å². The number of oxime groups is 1. The van der Waals surface area contributed by atoms with Gasteiger partial charge in [-0.05, 0) is 30.2 Å². The van der Waals surface area contributed by atoms with Gasteiger partial charge in [-0.2, -0.15) is 0 Å². The zero-order valence-electron chi connectivity index (χ0n) is 12.8. The number of benzene rings is 1. The quantitative estimate of drug-likeness (QED) is 0.347. The lowest BCUT2D eigenvalue weighted by Crippen LogP contribution is -2.27. The van der Waals surface area contributed by atoms with E-state index >= 15 is 0 Å². The highest BCUT2D eigenvalue weighted by molar-refractivity contribution is 5.99. The van der Waals surface area contributed by atoms with Gasteiger partial charge >= 0.3 is 0 Å². The maximum Gasteiger partial charge on any atom is 0.173 e. The van der Waals surface area contributed by atoms with Crippen LogP contribution in [0.2, 0.25) is 0 Å². The largest absolute Gasteiger partial charge is 0.496 e. The number of ether oxygens (including phenoxy) is 1. The van der Waals surface area contributed by atoms with Gasteiger partial charge in [0.1, 0.15) is 5.75 Å². The molecule has 0 bridgehead atoms. The normalized spacial score (nSPS) is 12.2. The minimum Gasteiger partial charge on any atom is -0.496 e. The molecule has 20 heavy (non-hydrogen) atoms. The van der Waals surface area contributed by atoms with Gasteiger partial charge in [0.05, 0.1) is 12.7 Å². The molecule has 5 heteroatoms. The van der Waals surface area contributed by atoms with Crippen LogP contribution in [0.1, 0.15) is 31.9 Å². The van der Waals surface area contributed by atoms with Crippen molar-refractivity contribution in [2.75, 3.05) is 20.2 Å². The molecule has 5 nitrogen and oxygen atoms in total. The predicted octanol–water partition coefficient (Wildman–Crippen LogP) is 2.27. The Morgan fingerprint density at radius 2 is 2.15 bits per heavy atom. The average molecular weight is 279 g/mol. The summed E-state index contributed by atoms with van der Waals surface area (Å²) in [4.78, 5) is 2.36. The molecule has 3 N–H and O–H groups in total. The molecule has 0 radical (unpaired) electrons. The number of nitrogens with two attached hydrogens (primary N) is 1. The summed E-state index contributed by atoms with van der Waals surface area (Å²) < 4.78 is 5.23. The van der Waals surface area contributed by atoms with Crippen LogP contribution in [0.5, 0.6) is 5.75 Å². The van der Waals surface area contributed by atoms with Gasteiger partial charge in [-0.15, -0.1) is 0 Å². The third-order valence-electron chi connectivity index (χ3n) is 3.12. The van der Waals surface area contributed by atoms with Crippen LogP contribution >= 0.6 is 0 Å². The molecule has 1 aromatic rings. The van der Waals surface area contributed by atoms with Gasteiger partial charge in [-0.1, -0.05) is 32.0 Å². The first-order chi connectivity index (χ1) is 9.51. The first-order valence-electron chi connectivity index (χ1n) is 6.88. The van der Waals surface area contributed by atoms with Gasteiger partial charge in [-0.3, -0.25) is 4.90 Å². The highest BCUT2D eigenvalue weighted by Gasteiger charge is 2.11. The molecule has 0 saturated heterocycles. The van der Waals surface area contributed by atoms with Crippen molar-refractivity contribution in [3.8, 4) is 5.75 Å². The molecule has 0 atom stereocenters. The summed E-state index contributed by atoms with van der Waals surface area (Å²) in [6, 6.07) is 5.78. The van der Waals surface area contributed by atoms with E-state index in [1.165, 1.54) is 0 Å². The van der Waals surface area contributed by atoms with E-state index in [0.29, 0.717) is 17.2 Å². The summed E-state index contributed by atoms with van der Waals surface area (Å²) in [5, 5.41) is 11.9. The number of methoxy groups -OCH3 is 1. The molecule has 0 aromatic heterocycles. The van der Waals surface area contributed by atoms with Gasteiger partial charge in [0.2, 0.25) is 0 Å². The Labute approximate surface area is 121 Å². The molecule has 0 aliphatic heterocycles. The lowest BCUT2D eigenvalue weighted by atomic mass is 10.1. The van der Waals surface area contributed by atoms with E-state index in [4.69, 9.17) is 15.7 Å². The highest BCUT2D eigenvalue weighted by atomic mass is 16.5. The molecule has 0 fully saturated rings. The second kappa shape index (κ2) is 7.75. The standard InChI is InChI=1S/C15H25N3O2/c1-5-18(9-11(2)3)10-12-6-7-14(20-4)13(8-12)15(16)17-19/h6-8,11,19H,5,9-10H2,1-4H3,(H2,16,17). The first-order valence-corrected chi connectivity index (χ1v) is 6.88. The Morgan fingerprint density at radius 3 is 2.65 bits per heavy atom. The van der Waals surface area contributed by atoms with Crippen LogP contribution in [0.4, 0.5) is 0 Å². The van der Waals surface area contributed by atoms with Crippen molar-refractivity contribution in [3.05, 3.63) is 29.3 Å². The Kier molecular flexibility index (Phi) is 6.31. The molecule has 112 valence electrons. The Hall–Kier alpha value is -1.75. The van der Waals surface area contributed by atoms with E-state index in [1.54, 1.807) is 7.11 Å². The summed E-state index contributed by atoms with van der Waals surface area (Å²) >= 11 is 0. The van der Waals surface area contributed by atoms with Crippen molar-refractivity contribution in [2.24, 2.45) is 16.8 Å². The maximum absolute atomic E-state index is 8.84. The fourth-order valence-corrected chi connectivity index (χ4v) is 2.19. The fourth-order valence-electron chi connectivity index (χ4n) is 2.19. The molecular formula is C15H25N3O2. The lowest BCUT2D eigenvalue weighted by Gasteiger charge is -2.23. The van der Waals surface area contributed by atoms with Crippen LogP contribution in [-0.4, -0.2) is 36.1 Å². The SMILES string of the molecule is CCN(Cc1ccc(OC)c(C(N)=NO)c1)CC(C)C. The molecule has 0 aliphatic carbocycles. The molecule has 1 rings (SSSR count). The zero-order valence-corrected chi connectivity index (χ0v) is 12.8. The summed E-state index contributed by atoms with van der Waals surface area (Å²) in [7, 11) is 1.57. The third kappa shape index (κ3) is 4.42.